The minimum Gasteiger partial charge on any atom is -0.339 e. The standard InChI is InChI=1S/C12H17N3OS/c1-9(4-2-6-13)12-14-11(15-16-12)8-10-5-3-7-17-10/h3,5,7,9H,2,4,6,8,13H2,1H3. The first-order valence-corrected chi connectivity index (χ1v) is 6.72. The zero-order valence-electron chi connectivity index (χ0n) is 9.93. The Kier molecular flexibility index (Phi) is 4.28. The lowest BCUT2D eigenvalue weighted by Gasteiger charge is -2.03. The minimum absolute atomic E-state index is 0.295. The highest BCUT2D eigenvalue weighted by Crippen LogP contribution is 2.19. The molecule has 1 atom stereocenters. The highest BCUT2D eigenvalue weighted by molar-refractivity contribution is 7.09. The summed E-state index contributed by atoms with van der Waals surface area (Å²) in [5.74, 6) is 1.79. The Morgan fingerprint density at radius 3 is 3.12 bits per heavy atom. The number of thiophene rings is 1. The zero-order chi connectivity index (χ0) is 12.1. The fraction of sp³-hybridized carbons (Fsp3) is 0.500. The molecule has 0 saturated heterocycles. The molecule has 0 spiro atoms. The maximum absolute atomic E-state index is 5.49. The second-order valence-electron chi connectivity index (χ2n) is 4.14. The molecule has 0 radical (unpaired) electrons. The third-order valence-corrected chi connectivity index (χ3v) is 3.54. The van der Waals surface area contributed by atoms with Gasteiger partial charge in [-0.3, -0.25) is 0 Å². The topological polar surface area (TPSA) is 64.9 Å². The van der Waals surface area contributed by atoms with Crippen molar-refractivity contribution in [3.05, 3.63) is 34.1 Å². The van der Waals surface area contributed by atoms with Crippen LogP contribution in [0.1, 0.15) is 42.3 Å². The van der Waals surface area contributed by atoms with Gasteiger partial charge in [0, 0.05) is 17.2 Å². The Bertz CT molecular complexity index is 438. The highest BCUT2D eigenvalue weighted by Gasteiger charge is 2.14. The van der Waals surface area contributed by atoms with Crippen molar-refractivity contribution >= 4 is 11.3 Å². The Hall–Kier alpha value is -1.20. The summed E-state index contributed by atoms with van der Waals surface area (Å²) in [5.41, 5.74) is 5.49. The lowest BCUT2D eigenvalue weighted by atomic mass is 10.1. The molecule has 2 rings (SSSR count). The monoisotopic (exact) mass is 251 g/mol. The van der Waals surface area contributed by atoms with Crippen LogP contribution in [0.4, 0.5) is 0 Å². The summed E-state index contributed by atoms with van der Waals surface area (Å²) < 4.78 is 5.27. The fourth-order valence-corrected chi connectivity index (χ4v) is 2.36. The van der Waals surface area contributed by atoms with Crippen LogP contribution >= 0.6 is 11.3 Å². The normalized spacial score (nSPS) is 12.8. The van der Waals surface area contributed by atoms with Crippen LogP contribution in [0, 0.1) is 0 Å². The zero-order valence-corrected chi connectivity index (χ0v) is 10.7. The van der Waals surface area contributed by atoms with E-state index in [4.69, 9.17) is 10.3 Å². The van der Waals surface area contributed by atoms with Gasteiger partial charge in [-0.2, -0.15) is 4.98 Å². The van der Waals surface area contributed by atoms with Gasteiger partial charge in [0.05, 0.1) is 0 Å². The molecular formula is C12H17N3OS. The number of hydrogen-bond donors (Lipinski definition) is 1. The summed E-state index contributed by atoms with van der Waals surface area (Å²) >= 11 is 1.71. The molecule has 92 valence electrons. The van der Waals surface area contributed by atoms with E-state index >= 15 is 0 Å². The third kappa shape index (κ3) is 3.38. The average molecular weight is 251 g/mol. The smallest absolute Gasteiger partial charge is 0.229 e. The SMILES string of the molecule is CC(CCCN)c1nc(Cc2cccs2)no1. The van der Waals surface area contributed by atoms with E-state index in [1.54, 1.807) is 11.3 Å². The van der Waals surface area contributed by atoms with Gasteiger partial charge in [0.25, 0.3) is 0 Å². The van der Waals surface area contributed by atoms with Crippen molar-refractivity contribution in [2.24, 2.45) is 5.73 Å². The first-order chi connectivity index (χ1) is 8.29. The predicted molar refractivity (Wildman–Crippen MR) is 68.1 cm³/mol. The first-order valence-electron chi connectivity index (χ1n) is 5.84. The Balaban J connectivity index is 1.95. The summed E-state index contributed by atoms with van der Waals surface area (Å²) in [6.07, 6.45) is 2.74. The van der Waals surface area contributed by atoms with Crippen molar-refractivity contribution < 1.29 is 4.52 Å². The Labute approximate surface area is 105 Å². The Morgan fingerprint density at radius 2 is 2.41 bits per heavy atom. The summed E-state index contributed by atoms with van der Waals surface area (Å²) in [5, 5.41) is 6.07. The van der Waals surface area contributed by atoms with E-state index in [9.17, 15) is 0 Å². The molecule has 0 aliphatic carbocycles. The summed E-state index contributed by atoms with van der Waals surface area (Å²) in [7, 11) is 0. The minimum atomic E-state index is 0.295. The molecule has 2 aromatic heterocycles. The second kappa shape index (κ2) is 5.93. The van der Waals surface area contributed by atoms with Gasteiger partial charge in [0.1, 0.15) is 0 Å². The number of aromatic nitrogens is 2. The molecule has 4 nitrogen and oxygen atoms in total. The summed E-state index contributed by atoms with van der Waals surface area (Å²) in [6.45, 7) is 2.80. The third-order valence-electron chi connectivity index (χ3n) is 2.66. The van der Waals surface area contributed by atoms with Crippen LogP contribution in [-0.2, 0) is 6.42 Å². The van der Waals surface area contributed by atoms with Crippen LogP contribution in [0.5, 0.6) is 0 Å². The van der Waals surface area contributed by atoms with Crippen molar-refractivity contribution in [1.29, 1.82) is 0 Å². The number of rotatable bonds is 6. The highest BCUT2D eigenvalue weighted by atomic mass is 32.1. The summed E-state index contributed by atoms with van der Waals surface area (Å²) in [4.78, 5) is 5.68. The van der Waals surface area contributed by atoms with Crippen molar-refractivity contribution in [3.8, 4) is 0 Å². The molecule has 0 bridgehead atoms. The van der Waals surface area contributed by atoms with E-state index in [-0.39, 0.29) is 0 Å². The number of hydrogen-bond acceptors (Lipinski definition) is 5. The number of nitrogens with two attached hydrogens (primary N) is 1. The molecule has 2 heterocycles. The molecule has 5 heteroatoms. The van der Waals surface area contributed by atoms with Crippen LogP contribution in [0.25, 0.3) is 0 Å². The van der Waals surface area contributed by atoms with Crippen molar-refractivity contribution in [3.63, 3.8) is 0 Å². The van der Waals surface area contributed by atoms with Crippen LogP contribution < -0.4 is 5.73 Å². The van der Waals surface area contributed by atoms with Gasteiger partial charge in [-0.15, -0.1) is 11.3 Å². The van der Waals surface area contributed by atoms with E-state index in [0.717, 1.165) is 31.0 Å². The van der Waals surface area contributed by atoms with E-state index in [1.165, 1.54) is 4.88 Å². The van der Waals surface area contributed by atoms with Gasteiger partial charge in [0.15, 0.2) is 5.82 Å². The molecule has 2 N–H and O–H groups in total. The van der Waals surface area contributed by atoms with Crippen LogP contribution in [0.3, 0.4) is 0 Å². The van der Waals surface area contributed by atoms with Gasteiger partial charge in [-0.1, -0.05) is 18.1 Å². The van der Waals surface area contributed by atoms with Gasteiger partial charge in [-0.25, -0.2) is 0 Å². The molecule has 0 saturated carbocycles. The van der Waals surface area contributed by atoms with E-state index in [1.807, 2.05) is 6.07 Å². The first kappa shape index (κ1) is 12.3. The van der Waals surface area contributed by atoms with E-state index in [0.29, 0.717) is 12.5 Å². The second-order valence-corrected chi connectivity index (χ2v) is 5.17. The maximum Gasteiger partial charge on any atom is 0.229 e. The van der Waals surface area contributed by atoms with Crippen molar-refractivity contribution in [1.82, 2.24) is 10.1 Å². The van der Waals surface area contributed by atoms with Crippen molar-refractivity contribution in [2.45, 2.75) is 32.1 Å². The van der Waals surface area contributed by atoms with Gasteiger partial charge in [0.2, 0.25) is 5.89 Å². The predicted octanol–water partition coefficient (Wildman–Crippen LogP) is 2.56. The Morgan fingerprint density at radius 1 is 1.53 bits per heavy atom. The summed E-state index contributed by atoms with van der Waals surface area (Å²) in [6, 6.07) is 4.11. The van der Waals surface area contributed by atoms with Crippen LogP contribution in [0.15, 0.2) is 22.0 Å². The molecule has 0 fully saturated rings. The lowest BCUT2D eigenvalue weighted by molar-refractivity contribution is 0.349. The largest absolute Gasteiger partial charge is 0.339 e. The van der Waals surface area contributed by atoms with Crippen LogP contribution in [0.2, 0.25) is 0 Å². The molecule has 2 aromatic rings. The molecule has 0 aliphatic rings. The van der Waals surface area contributed by atoms with Crippen LogP contribution in [-0.4, -0.2) is 16.7 Å². The van der Waals surface area contributed by atoms with Gasteiger partial charge < -0.3 is 10.3 Å². The van der Waals surface area contributed by atoms with E-state index < -0.39 is 0 Å². The average Bonchev–Trinajstić information content (AvgIpc) is 2.98. The molecule has 1 unspecified atom stereocenters. The molecule has 0 aromatic carbocycles. The van der Waals surface area contributed by atoms with Gasteiger partial charge in [-0.05, 0) is 30.8 Å². The van der Waals surface area contributed by atoms with Crippen molar-refractivity contribution in [2.75, 3.05) is 6.54 Å². The maximum atomic E-state index is 5.49. The van der Waals surface area contributed by atoms with E-state index in [2.05, 4.69) is 28.5 Å². The lowest BCUT2D eigenvalue weighted by Crippen LogP contribution is -2.02. The quantitative estimate of drug-likeness (QED) is 0.857. The fourth-order valence-electron chi connectivity index (χ4n) is 1.66. The molecule has 0 aliphatic heterocycles. The molecular weight excluding hydrogens is 234 g/mol. The van der Waals surface area contributed by atoms with Gasteiger partial charge >= 0.3 is 0 Å². The molecule has 0 amide bonds. The number of nitrogens with zero attached hydrogens (tertiary/aromatic N) is 2. The molecule has 17 heavy (non-hydrogen) atoms.